The van der Waals surface area contributed by atoms with E-state index in [1.165, 1.54) is 16.8 Å². The molecule has 0 amide bonds. The van der Waals surface area contributed by atoms with Crippen LogP contribution in [-0.4, -0.2) is 78.5 Å². The number of benzene rings is 2. The number of para-hydroxylation sites is 1. The molecule has 0 bridgehead atoms. The summed E-state index contributed by atoms with van der Waals surface area (Å²) in [5.41, 5.74) is 5.54. The highest BCUT2D eigenvalue weighted by Crippen LogP contribution is 2.35. The van der Waals surface area contributed by atoms with E-state index >= 15 is 0 Å². The van der Waals surface area contributed by atoms with Gasteiger partial charge in [-0.3, -0.25) is 5.10 Å². The average Bonchev–Trinajstić information content (AvgIpc) is 3.28. The van der Waals surface area contributed by atoms with Crippen LogP contribution in [0.2, 0.25) is 0 Å². The zero-order chi connectivity index (χ0) is 25.1. The van der Waals surface area contributed by atoms with Crippen molar-refractivity contribution in [3.8, 4) is 16.9 Å². The Bertz CT molecular complexity index is 1330. The lowest BCUT2D eigenvalue weighted by molar-refractivity contribution is 0.282. The molecule has 9 heteroatoms. The summed E-state index contributed by atoms with van der Waals surface area (Å²) in [6.07, 6.45) is 2.59. The Labute approximate surface area is 220 Å². The van der Waals surface area contributed by atoms with Crippen LogP contribution in [0, 0.1) is 6.92 Å². The minimum atomic E-state index is 0.681. The second kappa shape index (κ2) is 10.8. The Morgan fingerprint density at radius 1 is 1.03 bits per heavy atom. The standard InChI is InChI=1S/C27H32BrN7O/c1-19-9-10-20(21-7-4-5-8-23(21)36-16-6-11-33(2)3)17-22(19)34-12-14-35(15-13-34)27-24-25(28)31-32-26(24)29-18-30-27/h4-5,7-10,17-18H,6,11-16H2,1-3H3,(H,29,30,31,32). The normalized spacial score (nSPS) is 14.1. The van der Waals surface area contributed by atoms with E-state index in [1.807, 2.05) is 6.07 Å². The van der Waals surface area contributed by atoms with Crippen molar-refractivity contribution in [1.29, 1.82) is 0 Å². The topological polar surface area (TPSA) is 73.4 Å². The molecule has 1 aliphatic rings. The van der Waals surface area contributed by atoms with Gasteiger partial charge in [-0.15, -0.1) is 0 Å². The first-order chi connectivity index (χ1) is 17.5. The summed E-state index contributed by atoms with van der Waals surface area (Å²) in [6.45, 7) is 7.48. The highest BCUT2D eigenvalue weighted by atomic mass is 79.9. The maximum absolute atomic E-state index is 6.19. The van der Waals surface area contributed by atoms with E-state index in [1.54, 1.807) is 6.33 Å². The van der Waals surface area contributed by atoms with Crippen LogP contribution in [0.25, 0.3) is 22.2 Å². The molecule has 2 aromatic carbocycles. The van der Waals surface area contributed by atoms with E-state index in [-0.39, 0.29) is 0 Å². The molecular formula is C27H32BrN7O. The summed E-state index contributed by atoms with van der Waals surface area (Å²) >= 11 is 3.56. The van der Waals surface area contributed by atoms with E-state index in [9.17, 15) is 0 Å². The number of halogens is 1. The lowest BCUT2D eigenvalue weighted by Crippen LogP contribution is -2.47. The molecule has 1 saturated heterocycles. The van der Waals surface area contributed by atoms with Gasteiger partial charge in [0, 0.05) is 44.0 Å². The first-order valence-electron chi connectivity index (χ1n) is 12.3. The number of hydrogen-bond acceptors (Lipinski definition) is 7. The molecule has 1 fully saturated rings. The number of rotatable bonds is 8. The van der Waals surface area contributed by atoms with Gasteiger partial charge in [-0.1, -0.05) is 30.3 Å². The summed E-state index contributed by atoms with van der Waals surface area (Å²) in [7, 11) is 4.18. The van der Waals surface area contributed by atoms with Gasteiger partial charge >= 0.3 is 0 Å². The van der Waals surface area contributed by atoms with Crippen molar-refractivity contribution in [1.82, 2.24) is 25.1 Å². The SMILES string of the molecule is Cc1ccc(-c2ccccc2OCCCN(C)C)cc1N1CCN(c2ncnc3n[nH]c(Br)c23)CC1. The first-order valence-corrected chi connectivity index (χ1v) is 13.1. The molecule has 5 rings (SSSR count). The van der Waals surface area contributed by atoms with Crippen LogP contribution >= 0.6 is 15.9 Å². The van der Waals surface area contributed by atoms with Gasteiger partial charge in [-0.05, 0) is 66.6 Å². The fourth-order valence-corrected chi connectivity index (χ4v) is 5.16. The third kappa shape index (κ3) is 5.17. The number of hydrogen-bond donors (Lipinski definition) is 1. The van der Waals surface area contributed by atoms with Crippen LogP contribution in [-0.2, 0) is 0 Å². The molecule has 4 aromatic rings. The number of aromatic nitrogens is 4. The first kappa shape index (κ1) is 24.5. The third-order valence-corrected chi connectivity index (χ3v) is 7.19. The van der Waals surface area contributed by atoms with Gasteiger partial charge in [0.2, 0.25) is 0 Å². The largest absolute Gasteiger partial charge is 0.493 e. The van der Waals surface area contributed by atoms with Gasteiger partial charge in [-0.25, -0.2) is 9.97 Å². The molecular weight excluding hydrogens is 518 g/mol. The summed E-state index contributed by atoms with van der Waals surface area (Å²) in [5, 5.41) is 8.15. The number of fused-ring (bicyclic) bond motifs is 1. The van der Waals surface area contributed by atoms with Crippen molar-refractivity contribution in [2.45, 2.75) is 13.3 Å². The molecule has 0 spiro atoms. The molecule has 0 saturated carbocycles. The number of ether oxygens (including phenoxy) is 1. The number of nitrogens with zero attached hydrogens (tertiary/aromatic N) is 6. The quantitative estimate of drug-likeness (QED) is 0.318. The molecule has 0 aliphatic carbocycles. The molecule has 0 radical (unpaired) electrons. The summed E-state index contributed by atoms with van der Waals surface area (Å²) in [5.74, 6) is 1.86. The Kier molecular flexibility index (Phi) is 7.38. The van der Waals surface area contributed by atoms with E-state index in [0.29, 0.717) is 12.3 Å². The maximum Gasteiger partial charge on any atom is 0.187 e. The van der Waals surface area contributed by atoms with E-state index in [4.69, 9.17) is 4.74 Å². The van der Waals surface area contributed by atoms with Gasteiger partial charge in [0.25, 0.3) is 0 Å². The summed E-state index contributed by atoms with van der Waals surface area (Å²) < 4.78 is 7.01. The molecule has 0 unspecified atom stereocenters. The minimum Gasteiger partial charge on any atom is -0.493 e. The average molecular weight is 551 g/mol. The molecule has 0 atom stereocenters. The zero-order valence-electron chi connectivity index (χ0n) is 21.0. The Morgan fingerprint density at radius 3 is 2.61 bits per heavy atom. The predicted octanol–water partition coefficient (Wildman–Crippen LogP) is 4.75. The smallest absolute Gasteiger partial charge is 0.187 e. The molecule has 36 heavy (non-hydrogen) atoms. The Morgan fingerprint density at radius 2 is 1.81 bits per heavy atom. The number of aryl methyl sites for hydroxylation is 1. The lowest BCUT2D eigenvalue weighted by atomic mass is 10.0. The van der Waals surface area contributed by atoms with E-state index in [2.05, 4.69) is 108 Å². The van der Waals surface area contributed by atoms with E-state index in [0.717, 1.165) is 66.3 Å². The van der Waals surface area contributed by atoms with Gasteiger partial charge in [0.05, 0.1) is 12.0 Å². The summed E-state index contributed by atoms with van der Waals surface area (Å²) in [4.78, 5) is 15.8. The van der Waals surface area contributed by atoms with Crippen molar-refractivity contribution in [2.24, 2.45) is 0 Å². The third-order valence-electron chi connectivity index (χ3n) is 6.62. The van der Waals surface area contributed by atoms with Crippen LogP contribution in [0.3, 0.4) is 0 Å². The Hall–Kier alpha value is -3.17. The van der Waals surface area contributed by atoms with Crippen molar-refractivity contribution in [2.75, 3.05) is 63.2 Å². The molecule has 1 aliphatic heterocycles. The van der Waals surface area contributed by atoms with Gasteiger partial charge in [0.15, 0.2) is 5.65 Å². The minimum absolute atomic E-state index is 0.681. The molecule has 2 aromatic heterocycles. The lowest BCUT2D eigenvalue weighted by Gasteiger charge is -2.37. The number of H-pyrrole nitrogens is 1. The van der Waals surface area contributed by atoms with Crippen LogP contribution in [0.4, 0.5) is 11.5 Å². The van der Waals surface area contributed by atoms with Crippen molar-refractivity contribution in [3.05, 3.63) is 59.0 Å². The van der Waals surface area contributed by atoms with Crippen LogP contribution in [0.15, 0.2) is 53.4 Å². The molecule has 188 valence electrons. The van der Waals surface area contributed by atoms with Gasteiger partial charge < -0.3 is 19.4 Å². The molecule has 3 heterocycles. The Balaban J connectivity index is 1.32. The van der Waals surface area contributed by atoms with Crippen molar-refractivity contribution >= 4 is 38.5 Å². The predicted molar refractivity (Wildman–Crippen MR) is 149 cm³/mol. The summed E-state index contributed by atoms with van der Waals surface area (Å²) in [6, 6.07) is 15.1. The molecule has 8 nitrogen and oxygen atoms in total. The fourth-order valence-electron chi connectivity index (χ4n) is 4.72. The van der Waals surface area contributed by atoms with Crippen LogP contribution < -0.4 is 14.5 Å². The monoisotopic (exact) mass is 549 g/mol. The number of piperazine rings is 1. The number of anilines is 2. The van der Waals surface area contributed by atoms with Crippen molar-refractivity contribution < 1.29 is 4.74 Å². The van der Waals surface area contributed by atoms with Crippen LogP contribution in [0.5, 0.6) is 5.75 Å². The highest BCUT2D eigenvalue weighted by molar-refractivity contribution is 9.10. The second-order valence-corrected chi connectivity index (χ2v) is 10.2. The molecule has 1 N–H and O–H groups in total. The number of aromatic amines is 1. The van der Waals surface area contributed by atoms with Gasteiger partial charge in [-0.2, -0.15) is 5.10 Å². The number of nitrogens with one attached hydrogen (secondary N) is 1. The fraction of sp³-hybridized carbons (Fsp3) is 0.370. The second-order valence-electron chi connectivity index (χ2n) is 9.41. The highest BCUT2D eigenvalue weighted by Gasteiger charge is 2.23. The maximum atomic E-state index is 6.19. The van der Waals surface area contributed by atoms with E-state index < -0.39 is 0 Å². The van der Waals surface area contributed by atoms with Gasteiger partial charge in [0.1, 0.15) is 22.5 Å². The van der Waals surface area contributed by atoms with Crippen molar-refractivity contribution in [3.63, 3.8) is 0 Å². The zero-order valence-corrected chi connectivity index (χ0v) is 22.6. The van der Waals surface area contributed by atoms with Crippen LogP contribution in [0.1, 0.15) is 12.0 Å².